The summed E-state index contributed by atoms with van der Waals surface area (Å²) in [4.78, 5) is 10.9. The second-order valence-corrected chi connectivity index (χ2v) is 7.45. The van der Waals surface area contributed by atoms with Gasteiger partial charge in [-0.05, 0) is 73.0 Å². The minimum Gasteiger partial charge on any atom is -0.312 e. The molecule has 4 nitrogen and oxygen atoms in total. The van der Waals surface area contributed by atoms with E-state index in [9.17, 15) is 9.18 Å². The van der Waals surface area contributed by atoms with Crippen molar-refractivity contribution in [3.8, 4) is 0 Å². The van der Waals surface area contributed by atoms with Crippen LogP contribution in [0, 0.1) is 5.82 Å². The van der Waals surface area contributed by atoms with E-state index in [4.69, 9.17) is 5.21 Å². The van der Waals surface area contributed by atoms with Crippen LogP contribution in [0.1, 0.15) is 30.5 Å². The van der Waals surface area contributed by atoms with Crippen LogP contribution in [0.5, 0.6) is 0 Å². The predicted octanol–water partition coefficient (Wildman–Crippen LogP) is 5.47. The quantitative estimate of drug-likeness (QED) is 0.154. The number of fused-ring (bicyclic) bond motifs is 1. The summed E-state index contributed by atoms with van der Waals surface area (Å²) < 4.78 is 15.4. The van der Waals surface area contributed by atoms with Crippen molar-refractivity contribution < 1.29 is 14.4 Å². The van der Waals surface area contributed by atoms with E-state index in [0.717, 1.165) is 19.0 Å². The Bertz CT molecular complexity index is 1010. The Kier molecular flexibility index (Phi) is 9.94. The number of hydrogen-bond donors (Lipinski definition) is 3. The van der Waals surface area contributed by atoms with E-state index in [-0.39, 0.29) is 5.82 Å². The van der Waals surface area contributed by atoms with E-state index in [2.05, 4.69) is 35.0 Å². The Morgan fingerprint density at radius 2 is 1.93 bits per heavy atom. The number of hydroxylamine groups is 1. The molecule has 0 saturated heterocycles. The molecule has 0 radical (unpaired) electrons. The van der Waals surface area contributed by atoms with Crippen molar-refractivity contribution in [2.45, 2.75) is 26.8 Å². The molecule has 0 unspecified atom stereocenters. The molecule has 1 amide bonds. The summed E-state index contributed by atoms with van der Waals surface area (Å²) in [6, 6.07) is 13.2. The van der Waals surface area contributed by atoms with Crippen molar-refractivity contribution in [3.05, 3.63) is 88.6 Å². The first kappa shape index (κ1) is 23.5. The van der Waals surface area contributed by atoms with Gasteiger partial charge in [0.1, 0.15) is 5.82 Å². The van der Waals surface area contributed by atoms with Crippen molar-refractivity contribution in [2.75, 3.05) is 6.54 Å². The molecule has 1 heterocycles. The molecule has 0 atom stereocenters. The van der Waals surface area contributed by atoms with Crippen LogP contribution in [0.4, 0.5) is 4.39 Å². The van der Waals surface area contributed by atoms with Gasteiger partial charge in [-0.15, -0.1) is 11.3 Å². The standard InChI is InChI=1S/C20H19FN2O2S.C4H8/c21-18-12-14(5-7-20(24)23-25)4-6-16(18)13-22-10-8-15-2-1-3-19-17(15)9-11-26-19;1-3-4-2/h1-7,9,11-12,22,25H,8,10,13H2,(H,23,24);3-4H,1-2H3/b7-5+;4-3-. The Morgan fingerprint density at radius 1 is 1.13 bits per heavy atom. The smallest absolute Gasteiger partial charge is 0.267 e. The highest BCUT2D eigenvalue weighted by atomic mass is 32.1. The lowest BCUT2D eigenvalue weighted by atomic mass is 10.1. The fourth-order valence-corrected chi connectivity index (χ4v) is 3.57. The van der Waals surface area contributed by atoms with Gasteiger partial charge in [-0.25, -0.2) is 9.87 Å². The van der Waals surface area contributed by atoms with Crippen LogP contribution in [0.3, 0.4) is 0 Å². The molecule has 0 spiro atoms. The summed E-state index contributed by atoms with van der Waals surface area (Å²) in [5, 5.41) is 15.1. The number of allylic oxidation sites excluding steroid dienone is 2. The minimum absolute atomic E-state index is 0.330. The van der Waals surface area contributed by atoms with Gasteiger partial charge >= 0.3 is 0 Å². The third-order valence-electron chi connectivity index (χ3n) is 4.42. The highest BCUT2D eigenvalue weighted by molar-refractivity contribution is 7.17. The van der Waals surface area contributed by atoms with Gasteiger partial charge in [0.25, 0.3) is 5.91 Å². The Balaban J connectivity index is 0.000000735. The lowest BCUT2D eigenvalue weighted by Crippen LogP contribution is -2.17. The van der Waals surface area contributed by atoms with E-state index < -0.39 is 5.91 Å². The average Bonchev–Trinajstić information content (AvgIpc) is 3.26. The third-order valence-corrected chi connectivity index (χ3v) is 5.30. The summed E-state index contributed by atoms with van der Waals surface area (Å²) in [5.74, 6) is -0.985. The van der Waals surface area contributed by atoms with Crippen molar-refractivity contribution in [3.63, 3.8) is 0 Å². The Morgan fingerprint density at radius 3 is 2.63 bits per heavy atom. The zero-order chi connectivity index (χ0) is 21.8. The van der Waals surface area contributed by atoms with Crippen molar-refractivity contribution in [2.24, 2.45) is 0 Å². The highest BCUT2D eigenvalue weighted by Crippen LogP contribution is 2.24. The van der Waals surface area contributed by atoms with Gasteiger partial charge < -0.3 is 5.32 Å². The van der Waals surface area contributed by atoms with E-state index in [0.29, 0.717) is 17.7 Å². The van der Waals surface area contributed by atoms with Crippen molar-refractivity contribution >= 4 is 33.4 Å². The number of carbonyl (C=O) groups excluding carboxylic acids is 1. The van der Waals surface area contributed by atoms with Crippen molar-refractivity contribution in [1.29, 1.82) is 0 Å². The topological polar surface area (TPSA) is 61.4 Å². The first-order valence-electron chi connectivity index (χ1n) is 9.72. The molecular weight excluding hydrogens is 399 g/mol. The van der Waals surface area contributed by atoms with Gasteiger partial charge in [-0.3, -0.25) is 10.0 Å². The molecule has 30 heavy (non-hydrogen) atoms. The second-order valence-electron chi connectivity index (χ2n) is 6.50. The SMILES string of the molecule is C/C=C\C.O=C(/C=C/c1ccc(CNCCc2cccc3sccc23)c(F)c1)NO. The summed E-state index contributed by atoms with van der Waals surface area (Å²) >= 11 is 1.73. The van der Waals surface area contributed by atoms with Crippen LogP contribution in [0.2, 0.25) is 0 Å². The first-order chi connectivity index (χ1) is 14.6. The van der Waals surface area contributed by atoms with Gasteiger partial charge in [-0.2, -0.15) is 0 Å². The normalized spacial score (nSPS) is 11.1. The lowest BCUT2D eigenvalue weighted by Gasteiger charge is -2.08. The van der Waals surface area contributed by atoms with Crippen LogP contribution in [0.25, 0.3) is 16.2 Å². The fourth-order valence-electron chi connectivity index (χ4n) is 2.74. The van der Waals surface area contributed by atoms with E-state index in [1.165, 1.54) is 33.3 Å². The molecule has 3 N–H and O–H groups in total. The zero-order valence-corrected chi connectivity index (χ0v) is 18.0. The molecule has 3 rings (SSSR count). The number of halogens is 1. The largest absolute Gasteiger partial charge is 0.312 e. The van der Waals surface area contributed by atoms with E-state index >= 15 is 0 Å². The molecule has 2 aromatic carbocycles. The summed E-state index contributed by atoms with van der Waals surface area (Å²) in [6.45, 7) is 5.19. The zero-order valence-electron chi connectivity index (χ0n) is 17.2. The molecular formula is C24H27FN2O2S. The summed E-state index contributed by atoms with van der Waals surface area (Å²) in [5.41, 5.74) is 3.91. The van der Waals surface area contributed by atoms with Gasteiger partial charge in [0.2, 0.25) is 0 Å². The monoisotopic (exact) mass is 426 g/mol. The molecule has 0 bridgehead atoms. The molecule has 6 heteroatoms. The molecule has 0 fully saturated rings. The van der Waals surface area contributed by atoms with Gasteiger partial charge in [0, 0.05) is 22.9 Å². The number of nitrogens with one attached hydrogen (secondary N) is 2. The highest BCUT2D eigenvalue weighted by Gasteiger charge is 2.04. The summed E-state index contributed by atoms with van der Waals surface area (Å²) in [6.07, 6.45) is 7.46. The average molecular weight is 427 g/mol. The van der Waals surface area contributed by atoms with Gasteiger partial charge in [-0.1, -0.05) is 36.4 Å². The van der Waals surface area contributed by atoms with E-state index in [1.807, 2.05) is 26.0 Å². The minimum atomic E-state index is -0.656. The number of hydrogen-bond acceptors (Lipinski definition) is 4. The van der Waals surface area contributed by atoms with E-state index in [1.54, 1.807) is 23.5 Å². The maximum absolute atomic E-state index is 14.2. The number of benzene rings is 2. The molecule has 0 aliphatic heterocycles. The van der Waals surface area contributed by atoms with Crippen LogP contribution in [-0.2, 0) is 17.8 Å². The molecule has 0 aliphatic carbocycles. The Hall–Kier alpha value is -2.80. The maximum Gasteiger partial charge on any atom is 0.267 e. The maximum atomic E-state index is 14.2. The fraction of sp³-hybridized carbons (Fsp3) is 0.208. The number of thiophene rings is 1. The lowest BCUT2D eigenvalue weighted by molar-refractivity contribution is -0.124. The molecule has 0 aliphatic rings. The van der Waals surface area contributed by atoms with Crippen molar-refractivity contribution in [1.82, 2.24) is 10.8 Å². The van der Waals surface area contributed by atoms with Crippen LogP contribution in [-0.4, -0.2) is 17.7 Å². The second kappa shape index (κ2) is 12.7. The van der Waals surface area contributed by atoms with Crippen LogP contribution >= 0.6 is 11.3 Å². The van der Waals surface area contributed by atoms with Gasteiger partial charge in [0.05, 0.1) is 0 Å². The number of rotatable bonds is 7. The first-order valence-corrected chi connectivity index (χ1v) is 10.6. The number of carbonyl (C=O) groups is 1. The summed E-state index contributed by atoms with van der Waals surface area (Å²) in [7, 11) is 0. The van der Waals surface area contributed by atoms with Crippen LogP contribution in [0.15, 0.2) is 66.1 Å². The Labute approximate surface area is 180 Å². The molecule has 1 aromatic heterocycles. The molecule has 0 saturated carbocycles. The molecule has 3 aromatic rings. The molecule has 158 valence electrons. The van der Waals surface area contributed by atoms with Gasteiger partial charge in [0.15, 0.2) is 0 Å². The predicted molar refractivity (Wildman–Crippen MR) is 123 cm³/mol. The third kappa shape index (κ3) is 7.22. The van der Waals surface area contributed by atoms with Crippen LogP contribution < -0.4 is 10.8 Å². The number of amides is 1.